The summed E-state index contributed by atoms with van der Waals surface area (Å²) in [6.45, 7) is 0. The molecule has 1 heterocycles. The summed E-state index contributed by atoms with van der Waals surface area (Å²) in [7, 11) is 0. The van der Waals surface area contributed by atoms with Crippen LogP contribution in [0.15, 0.2) is 41.1 Å². The maximum Gasteiger partial charge on any atom is 0.274 e. The molecule has 0 aliphatic heterocycles. The maximum atomic E-state index is 12.8. The molecule has 6 nitrogen and oxygen atoms in total. The number of aromatic nitrogens is 1. The van der Waals surface area contributed by atoms with E-state index in [4.69, 9.17) is 5.73 Å². The van der Waals surface area contributed by atoms with Crippen LogP contribution < -0.4 is 11.1 Å². The molecule has 1 aromatic heterocycles. The van der Waals surface area contributed by atoms with E-state index in [-0.39, 0.29) is 5.69 Å². The molecule has 1 atom stereocenters. The Kier molecular flexibility index (Phi) is 3.56. The molecule has 0 saturated carbocycles. The van der Waals surface area contributed by atoms with Gasteiger partial charge in [0, 0.05) is 6.07 Å². The summed E-state index contributed by atoms with van der Waals surface area (Å²) in [4.78, 5) is 23.1. The number of halogens is 1. The van der Waals surface area contributed by atoms with E-state index in [1.165, 1.54) is 36.6 Å². The van der Waals surface area contributed by atoms with Crippen LogP contribution in [0.3, 0.4) is 0 Å². The van der Waals surface area contributed by atoms with E-state index >= 15 is 0 Å². The van der Waals surface area contributed by atoms with Gasteiger partial charge in [-0.05, 0) is 17.7 Å². The third kappa shape index (κ3) is 2.95. The van der Waals surface area contributed by atoms with Gasteiger partial charge in [0.1, 0.15) is 18.1 Å². The fourth-order valence-electron chi connectivity index (χ4n) is 1.51. The molecule has 0 bridgehead atoms. The number of amides is 2. The van der Waals surface area contributed by atoms with Crippen molar-refractivity contribution in [2.75, 3.05) is 0 Å². The molecule has 0 aliphatic carbocycles. The van der Waals surface area contributed by atoms with Crippen LogP contribution in [0.5, 0.6) is 0 Å². The zero-order valence-electron chi connectivity index (χ0n) is 9.67. The standard InChI is InChI=1S/C12H10FN3O3/c13-8-3-1-7(2-4-8)10(11(14)17)15-12(18)9-5-6-19-16-9/h1-6,10H,(H2,14,17)(H,15,18)/t10-/m0/s1. The third-order valence-corrected chi connectivity index (χ3v) is 2.43. The molecule has 0 radical (unpaired) electrons. The van der Waals surface area contributed by atoms with E-state index < -0.39 is 23.7 Å². The van der Waals surface area contributed by atoms with Crippen molar-refractivity contribution in [2.24, 2.45) is 5.73 Å². The smallest absolute Gasteiger partial charge is 0.274 e. The van der Waals surface area contributed by atoms with Gasteiger partial charge in [-0.25, -0.2) is 4.39 Å². The van der Waals surface area contributed by atoms with E-state index in [9.17, 15) is 14.0 Å². The van der Waals surface area contributed by atoms with Gasteiger partial charge in [-0.3, -0.25) is 9.59 Å². The Labute approximate surface area is 107 Å². The van der Waals surface area contributed by atoms with Crippen molar-refractivity contribution >= 4 is 11.8 Å². The SMILES string of the molecule is NC(=O)[C@@H](NC(=O)c1ccon1)c1ccc(F)cc1. The molecule has 2 amide bonds. The number of carbonyl (C=O) groups excluding carboxylic acids is 2. The molecule has 0 saturated heterocycles. The number of benzene rings is 1. The predicted octanol–water partition coefficient (Wildman–Crippen LogP) is 0.770. The van der Waals surface area contributed by atoms with E-state index in [0.29, 0.717) is 5.56 Å². The summed E-state index contributed by atoms with van der Waals surface area (Å²) in [6.07, 6.45) is 1.23. The van der Waals surface area contributed by atoms with Crippen molar-refractivity contribution in [1.82, 2.24) is 10.5 Å². The van der Waals surface area contributed by atoms with E-state index in [1.807, 2.05) is 0 Å². The molecule has 0 spiro atoms. The number of carbonyl (C=O) groups is 2. The van der Waals surface area contributed by atoms with Crippen LogP contribution in [0.25, 0.3) is 0 Å². The number of nitrogens with one attached hydrogen (secondary N) is 1. The quantitative estimate of drug-likeness (QED) is 0.851. The summed E-state index contributed by atoms with van der Waals surface area (Å²) >= 11 is 0. The van der Waals surface area contributed by atoms with Gasteiger partial charge in [0.05, 0.1) is 0 Å². The maximum absolute atomic E-state index is 12.8. The number of rotatable bonds is 4. The average molecular weight is 263 g/mol. The zero-order valence-corrected chi connectivity index (χ0v) is 9.67. The van der Waals surface area contributed by atoms with Crippen LogP contribution in [-0.2, 0) is 4.79 Å². The van der Waals surface area contributed by atoms with Crippen LogP contribution >= 0.6 is 0 Å². The Balaban J connectivity index is 2.19. The molecule has 19 heavy (non-hydrogen) atoms. The first kappa shape index (κ1) is 12.7. The minimum Gasteiger partial charge on any atom is -0.368 e. The van der Waals surface area contributed by atoms with Gasteiger partial charge < -0.3 is 15.6 Å². The lowest BCUT2D eigenvalue weighted by molar-refractivity contribution is -0.120. The third-order valence-electron chi connectivity index (χ3n) is 2.43. The first-order valence-corrected chi connectivity index (χ1v) is 5.34. The average Bonchev–Trinajstić information content (AvgIpc) is 2.90. The normalized spacial score (nSPS) is 11.8. The molecular weight excluding hydrogens is 253 g/mol. The summed E-state index contributed by atoms with van der Waals surface area (Å²) < 4.78 is 17.3. The summed E-state index contributed by atoms with van der Waals surface area (Å²) in [5, 5.41) is 5.83. The van der Waals surface area contributed by atoms with Crippen molar-refractivity contribution in [2.45, 2.75) is 6.04 Å². The molecule has 2 rings (SSSR count). The molecule has 7 heteroatoms. The number of primary amides is 1. The minimum absolute atomic E-state index is 0.0216. The van der Waals surface area contributed by atoms with Crippen LogP contribution in [0, 0.1) is 5.82 Å². The Morgan fingerprint density at radius 1 is 1.26 bits per heavy atom. The molecule has 0 fully saturated rings. The largest absolute Gasteiger partial charge is 0.368 e. The summed E-state index contributed by atoms with van der Waals surface area (Å²) in [5.74, 6) is -1.82. The first-order chi connectivity index (χ1) is 9.08. The van der Waals surface area contributed by atoms with Crippen molar-refractivity contribution < 1.29 is 18.5 Å². The van der Waals surface area contributed by atoms with Crippen molar-refractivity contribution in [3.05, 3.63) is 53.7 Å². The highest BCUT2D eigenvalue weighted by Crippen LogP contribution is 2.14. The van der Waals surface area contributed by atoms with Crippen molar-refractivity contribution in [1.29, 1.82) is 0 Å². The molecule has 98 valence electrons. The van der Waals surface area contributed by atoms with E-state index in [2.05, 4.69) is 15.0 Å². The van der Waals surface area contributed by atoms with Gasteiger partial charge in [0.15, 0.2) is 5.69 Å². The Morgan fingerprint density at radius 2 is 1.95 bits per heavy atom. The molecule has 0 aliphatic rings. The van der Waals surface area contributed by atoms with Crippen LogP contribution in [0.4, 0.5) is 4.39 Å². The van der Waals surface area contributed by atoms with Crippen LogP contribution in [-0.4, -0.2) is 17.0 Å². The molecule has 0 unspecified atom stereocenters. The van der Waals surface area contributed by atoms with Gasteiger partial charge in [-0.1, -0.05) is 17.3 Å². The summed E-state index contributed by atoms with van der Waals surface area (Å²) in [6, 6.07) is 5.37. The molecular formula is C12H10FN3O3. The number of nitrogens with zero attached hydrogens (tertiary/aromatic N) is 1. The highest BCUT2D eigenvalue weighted by Gasteiger charge is 2.22. The fraction of sp³-hybridized carbons (Fsp3) is 0.0833. The highest BCUT2D eigenvalue weighted by molar-refractivity contribution is 5.95. The molecule has 1 aromatic carbocycles. The van der Waals surface area contributed by atoms with Crippen LogP contribution in [0.1, 0.15) is 22.1 Å². The van der Waals surface area contributed by atoms with E-state index in [1.54, 1.807) is 0 Å². The Morgan fingerprint density at radius 3 is 2.47 bits per heavy atom. The first-order valence-electron chi connectivity index (χ1n) is 5.34. The Hall–Kier alpha value is -2.70. The number of hydrogen-bond acceptors (Lipinski definition) is 4. The van der Waals surface area contributed by atoms with Gasteiger partial charge in [-0.15, -0.1) is 0 Å². The van der Waals surface area contributed by atoms with Gasteiger partial charge in [0.25, 0.3) is 5.91 Å². The van der Waals surface area contributed by atoms with Gasteiger partial charge in [0.2, 0.25) is 5.91 Å². The summed E-state index contributed by atoms with van der Waals surface area (Å²) in [5.41, 5.74) is 5.62. The molecule has 3 N–H and O–H groups in total. The lowest BCUT2D eigenvalue weighted by Crippen LogP contribution is -2.37. The predicted molar refractivity (Wildman–Crippen MR) is 62.3 cm³/mol. The Bertz CT molecular complexity index is 581. The van der Waals surface area contributed by atoms with Gasteiger partial charge >= 0.3 is 0 Å². The second-order valence-electron chi connectivity index (χ2n) is 3.75. The second kappa shape index (κ2) is 5.30. The van der Waals surface area contributed by atoms with E-state index in [0.717, 1.165) is 0 Å². The van der Waals surface area contributed by atoms with Gasteiger partial charge in [-0.2, -0.15) is 0 Å². The number of nitrogens with two attached hydrogens (primary N) is 1. The minimum atomic E-state index is -1.06. The van der Waals surface area contributed by atoms with Crippen molar-refractivity contribution in [3.63, 3.8) is 0 Å². The zero-order chi connectivity index (χ0) is 13.8. The second-order valence-corrected chi connectivity index (χ2v) is 3.75. The number of hydrogen-bond donors (Lipinski definition) is 2. The molecule has 2 aromatic rings. The monoisotopic (exact) mass is 263 g/mol. The van der Waals surface area contributed by atoms with Crippen molar-refractivity contribution in [3.8, 4) is 0 Å². The highest BCUT2D eigenvalue weighted by atomic mass is 19.1. The lowest BCUT2D eigenvalue weighted by Gasteiger charge is -2.14. The van der Waals surface area contributed by atoms with Crippen LogP contribution in [0.2, 0.25) is 0 Å². The fourth-order valence-corrected chi connectivity index (χ4v) is 1.51. The lowest BCUT2D eigenvalue weighted by atomic mass is 10.1. The topological polar surface area (TPSA) is 98.2 Å².